The zero-order valence-electron chi connectivity index (χ0n) is 12.8. The molecule has 0 unspecified atom stereocenters. The number of benzene rings is 1. The molecule has 1 aromatic carbocycles. The van der Waals surface area contributed by atoms with Crippen LogP contribution in [0.1, 0.15) is 37.8 Å². The molecule has 1 saturated heterocycles. The van der Waals surface area contributed by atoms with E-state index in [1.807, 2.05) is 6.07 Å². The Morgan fingerprint density at radius 2 is 2.19 bits per heavy atom. The van der Waals surface area contributed by atoms with E-state index in [0.717, 1.165) is 37.1 Å². The standard InChI is InChI=1S/C18H23NO2/c1-4-5-9-19-10-8-18(21)15-12-14(20)7-6-13(15)11-16(19)17(18,2)3/h1,6-7,12,16,20-21H,5,8-11H2,2-3H3/t16-,18-/m1/s1. The van der Waals surface area contributed by atoms with E-state index < -0.39 is 5.60 Å². The Morgan fingerprint density at radius 1 is 1.43 bits per heavy atom. The molecule has 1 aromatic rings. The van der Waals surface area contributed by atoms with Crippen LogP contribution >= 0.6 is 0 Å². The Morgan fingerprint density at radius 3 is 2.90 bits per heavy atom. The lowest BCUT2D eigenvalue weighted by molar-refractivity contribution is -0.164. The summed E-state index contributed by atoms with van der Waals surface area (Å²) < 4.78 is 0. The molecule has 1 aliphatic heterocycles. The molecule has 1 heterocycles. The van der Waals surface area contributed by atoms with E-state index in [1.165, 1.54) is 0 Å². The minimum absolute atomic E-state index is 0.228. The van der Waals surface area contributed by atoms with Gasteiger partial charge in [0.2, 0.25) is 0 Å². The van der Waals surface area contributed by atoms with Gasteiger partial charge in [-0.1, -0.05) is 19.9 Å². The molecule has 2 N–H and O–H groups in total. The second-order valence-electron chi connectivity index (χ2n) is 6.88. The molecule has 2 atom stereocenters. The number of likely N-dealkylation sites (tertiary alicyclic amines) is 1. The topological polar surface area (TPSA) is 43.7 Å². The number of terminal acetylenes is 1. The van der Waals surface area contributed by atoms with Crippen molar-refractivity contribution < 1.29 is 10.2 Å². The van der Waals surface area contributed by atoms with E-state index in [-0.39, 0.29) is 17.2 Å². The van der Waals surface area contributed by atoms with Crippen molar-refractivity contribution in [1.29, 1.82) is 0 Å². The van der Waals surface area contributed by atoms with Gasteiger partial charge in [-0.3, -0.25) is 4.90 Å². The highest BCUT2D eigenvalue weighted by Gasteiger charge is 2.57. The normalized spacial score (nSPS) is 30.5. The summed E-state index contributed by atoms with van der Waals surface area (Å²) in [5, 5.41) is 21.2. The molecule has 3 rings (SSSR count). The van der Waals surface area contributed by atoms with Crippen molar-refractivity contribution in [3.05, 3.63) is 29.3 Å². The molecule has 3 nitrogen and oxygen atoms in total. The summed E-state index contributed by atoms with van der Waals surface area (Å²) in [6.45, 7) is 5.99. The quantitative estimate of drug-likeness (QED) is 0.819. The number of aromatic hydroxyl groups is 1. The monoisotopic (exact) mass is 285 g/mol. The van der Waals surface area contributed by atoms with E-state index in [2.05, 4.69) is 24.7 Å². The van der Waals surface area contributed by atoms with E-state index in [1.54, 1.807) is 12.1 Å². The van der Waals surface area contributed by atoms with Crippen molar-refractivity contribution in [3.8, 4) is 18.1 Å². The Hall–Kier alpha value is -1.50. The van der Waals surface area contributed by atoms with Crippen LogP contribution < -0.4 is 0 Å². The number of nitrogens with zero attached hydrogens (tertiary/aromatic N) is 1. The Labute approximate surface area is 126 Å². The van der Waals surface area contributed by atoms with E-state index in [4.69, 9.17) is 6.42 Å². The first-order chi connectivity index (χ1) is 9.90. The fraction of sp³-hybridized carbons (Fsp3) is 0.556. The zero-order chi connectivity index (χ0) is 15.3. The molecule has 0 saturated carbocycles. The highest BCUT2D eigenvalue weighted by molar-refractivity contribution is 5.44. The van der Waals surface area contributed by atoms with Gasteiger partial charge in [0.1, 0.15) is 5.75 Å². The zero-order valence-corrected chi connectivity index (χ0v) is 12.8. The van der Waals surface area contributed by atoms with E-state index >= 15 is 0 Å². The SMILES string of the molecule is C#CCCN1CC[C@@]2(O)c3cc(O)ccc3C[C@@H]1C2(C)C. The van der Waals surface area contributed by atoms with E-state index in [0.29, 0.717) is 6.42 Å². The molecule has 112 valence electrons. The molecule has 2 bridgehead atoms. The van der Waals surface area contributed by atoms with Crippen molar-refractivity contribution >= 4 is 0 Å². The van der Waals surface area contributed by atoms with Crippen molar-refractivity contribution in [2.75, 3.05) is 13.1 Å². The lowest BCUT2D eigenvalue weighted by Gasteiger charge is -2.59. The first kappa shape index (κ1) is 14.4. The molecule has 0 spiro atoms. The third-order valence-electron chi connectivity index (χ3n) is 5.60. The third-order valence-corrected chi connectivity index (χ3v) is 5.60. The number of rotatable bonds is 2. The van der Waals surface area contributed by atoms with Gasteiger partial charge in [0.15, 0.2) is 0 Å². The Kier molecular flexibility index (Phi) is 3.27. The second kappa shape index (κ2) is 4.76. The fourth-order valence-electron chi connectivity index (χ4n) is 4.19. The van der Waals surface area contributed by atoms with Crippen LogP contribution in [0.4, 0.5) is 0 Å². The molecule has 3 heteroatoms. The predicted octanol–water partition coefficient (Wildman–Crippen LogP) is 2.26. The largest absolute Gasteiger partial charge is 0.508 e. The average molecular weight is 285 g/mol. The van der Waals surface area contributed by atoms with Crippen LogP contribution in [0.3, 0.4) is 0 Å². The Balaban J connectivity index is 2.06. The van der Waals surface area contributed by atoms with Crippen LogP contribution in [0.25, 0.3) is 0 Å². The van der Waals surface area contributed by atoms with Crippen LogP contribution in [-0.4, -0.2) is 34.2 Å². The fourth-order valence-corrected chi connectivity index (χ4v) is 4.19. The maximum Gasteiger partial charge on any atom is 0.115 e. The maximum absolute atomic E-state index is 11.4. The third kappa shape index (κ3) is 1.97. The van der Waals surface area contributed by atoms with Crippen molar-refractivity contribution in [2.24, 2.45) is 5.41 Å². The second-order valence-corrected chi connectivity index (χ2v) is 6.88. The molecule has 21 heavy (non-hydrogen) atoms. The lowest BCUT2D eigenvalue weighted by atomic mass is 9.56. The summed E-state index contributed by atoms with van der Waals surface area (Å²) in [7, 11) is 0. The van der Waals surface area contributed by atoms with Gasteiger partial charge in [-0.15, -0.1) is 12.3 Å². The number of phenolic OH excluding ortho intramolecular Hbond substituents is 1. The summed E-state index contributed by atoms with van der Waals surface area (Å²) in [6.07, 6.45) is 7.73. The molecule has 1 aliphatic carbocycles. The molecule has 0 aromatic heterocycles. The predicted molar refractivity (Wildman–Crippen MR) is 82.9 cm³/mol. The lowest BCUT2D eigenvalue weighted by Crippen LogP contribution is -2.64. The molecule has 0 radical (unpaired) electrons. The Bertz CT molecular complexity index is 602. The van der Waals surface area contributed by atoms with Crippen LogP contribution in [0.5, 0.6) is 5.75 Å². The minimum atomic E-state index is -0.878. The number of phenols is 1. The number of aliphatic hydroxyl groups is 1. The highest BCUT2D eigenvalue weighted by Crippen LogP contribution is 2.55. The molecule has 0 amide bonds. The molecule has 1 fully saturated rings. The van der Waals surface area contributed by atoms with Gasteiger partial charge in [0.05, 0.1) is 5.60 Å². The van der Waals surface area contributed by atoms with Gasteiger partial charge < -0.3 is 10.2 Å². The average Bonchev–Trinajstić information content (AvgIpc) is 2.43. The minimum Gasteiger partial charge on any atom is -0.508 e. The van der Waals surface area contributed by atoms with Crippen LogP contribution in [0.2, 0.25) is 0 Å². The summed E-state index contributed by atoms with van der Waals surface area (Å²) in [5.41, 5.74) is 0.905. The smallest absolute Gasteiger partial charge is 0.115 e. The maximum atomic E-state index is 11.4. The van der Waals surface area contributed by atoms with Gasteiger partial charge >= 0.3 is 0 Å². The first-order valence-electron chi connectivity index (χ1n) is 7.62. The highest BCUT2D eigenvalue weighted by atomic mass is 16.3. The summed E-state index contributed by atoms with van der Waals surface area (Å²) >= 11 is 0. The van der Waals surface area contributed by atoms with Gasteiger partial charge in [-0.2, -0.15) is 0 Å². The molecular weight excluding hydrogens is 262 g/mol. The van der Waals surface area contributed by atoms with E-state index in [9.17, 15) is 10.2 Å². The van der Waals surface area contributed by atoms with Gasteiger partial charge in [0, 0.05) is 31.0 Å². The van der Waals surface area contributed by atoms with Gasteiger partial charge in [0.25, 0.3) is 0 Å². The molecular formula is C18H23NO2. The number of hydrogen-bond acceptors (Lipinski definition) is 3. The number of fused-ring (bicyclic) bond motifs is 4. The van der Waals surface area contributed by atoms with Gasteiger partial charge in [-0.25, -0.2) is 0 Å². The van der Waals surface area contributed by atoms with Crippen molar-refractivity contribution in [1.82, 2.24) is 4.90 Å². The summed E-state index contributed by atoms with van der Waals surface area (Å²) in [5.74, 6) is 2.94. The summed E-state index contributed by atoms with van der Waals surface area (Å²) in [6, 6.07) is 5.68. The first-order valence-corrected chi connectivity index (χ1v) is 7.62. The van der Waals surface area contributed by atoms with Crippen LogP contribution in [0.15, 0.2) is 18.2 Å². The number of hydrogen-bond donors (Lipinski definition) is 2. The summed E-state index contributed by atoms with van der Waals surface area (Å²) in [4.78, 5) is 2.42. The van der Waals surface area contributed by atoms with Gasteiger partial charge in [-0.05, 0) is 36.1 Å². The molecule has 2 aliphatic rings. The van der Waals surface area contributed by atoms with Crippen LogP contribution in [0, 0.1) is 17.8 Å². The number of piperidine rings is 1. The van der Waals surface area contributed by atoms with Crippen molar-refractivity contribution in [3.63, 3.8) is 0 Å². The van der Waals surface area contributed by atoms with Crippen LogP contribution in [-0.2, 0) is 12.0 Å². The van der Waals surface area contributed by atoms with Crippen molar-refractivity contribution in [2.45, 2.75) is 44.8 Å².